The van der Waals surface area contributed by atoms with E-state index in [1.54, 1.807) is 30.0 Å². The first kappa shape index (κ1) is 17.0. The number of hydrogen-bond donors (Lipinski definition) is 0. The van der Waals surface area contributed by atoms with Gasteiger partial charge < -0.3 is 4.74 Å². The Kier molecular flexibility index (Phi) is 5.54. The minimum Gasteiger partial charge on any atom is -0.462 e. The molecule has 1 aliphatic carbocycles. The Labute approximate surface area is 149 Å². The molecule has 6 heteroatoms. The lowest BCUT2D eigenvalue weighted by Gasteiger charge is -2.24. The van der Waals surface area contributed by atoms with Crippen molar-refractivity contribution in [1.82, 2.24) is 4.98 Å². The van der Waals surface area contributed by atoms with Crippen molar-refractivity contribution < 1.29 is 9.53 Å². The lowest BCUT2D eigenvalue weighted by atomic mass is 9.91. The van der Waals surface area contributed by atoms with Gasteiger partial charge in [-0.2, -0.15) is 5.26 Å². The van der Waals surface area contributed by atoms with E-state index >= 15 is 0 Å². The molecule has 24 heavy (non-hydrogen) atoms. The van der Waals surface area contributed by atoms with E-state index in [4.69, 9.17) is 4.74 Å². The fraction of sp³-hybridized carbons (Fsp3) is 0.389. The minimum atomic E-state index is -0.494. The SMILES string of the molecule is CCOC(=O)C(C#N)=C1CCCCC1Sc1nc2ccccc2s1. The van der Waals surface area contributed by atoms with Crippen molar-refractivity contribution in [3.05, 3.63) is 35.4 Å². The molecule has 0 saturated heterocycles. The minimum absolute atomic E-state index is 0.123. The molecule has 2 aromatic rings. The number of benzene rings is 1. The first-order chi connectivity index (χ1) is 11.7. The topological polar surface area (TPSA) is 63.0 Å². The molecule has 0 radical (unpaired) electrons. The fourth-order valence-electron chi connectivity index (χ4n) is 2.87. The van der Waals surface area contributed by atoms with Crippen molar-refractivity contribution in [3.63, 3.8) is 0 Å². The predicted molar refractivity (Wildman–Crippen MR) is 97.0 cm³/mol. The van der Waals surface area contributed by atoms with Crippen molar-refractivity contribution >= 4 is 39.3 Å². The number of hydrogen-bond acceptors (Lipinski definition) is 6. The molecule has 1 unspecified atom stereocenters. The van der Waals surface area contributed by atoms with Gasteiger partial charge in [-0.25, -0.2) is 9.78 Å². The number of aromatic nitrogens is 1. The van der Waals surface area contributed by atoms with Crippen LogP contribution in [-0.4, -0.2) is 22.8 Å². The van der Waals surface area contributed by atoms with Crippen LogP contribution < -0.4 is 0 Å². The van der Waals surface area contributed by atoms with Gasteiger partial charge in [0.15, 0.2) is 4.34 Å². The average Bonchev–Trinajstić information content (AvgIpc) is 2.99. The lowest BCUT2D eigenvalue weighted by Crippen LogP contribution is -2.18. The molecular formula is C18H18N2O2S2. The van der Waals surface area contributed by atoms with Gasteiger partial charge in [-0.05, 0) is 43.9 Å². The van der Waals surface area contributed by atoms with E-state index in [1.807, 2.05) is 18.2 Å². The molecule has 124 valence electrons. The smallest absolute Gasteiger partial charge is 0.348 e. The van der Waals surface area contributed by atoms with Crippen LogP contribution in [0.25, 0.3) is 10.2 Å². The van der Waals surface area contributed by atoms with Crippen molar-refractivity contribution in [2.75, 3.05) is 6.61 Å². The highest BCUT2D eigenvalue weighted by molar-refractivity contribution is 8.01. The molecule has 3 rings (SSSR count). The van der Waals surface area contributed by atoms with Gasteiger partial charge in [-0.1, -0.05) is 30.3 Å². The van der Waals surface area contributed by atoms with Gasteiger partial charge >= 0.3 is 5.97 Å². The summed E-state index contributed by atoms with van der Waals surface area (Å²) in [5, 5.41) is 9.57. The molecular weight excluding hydrogens is 340 g/mol. The Balaban J connectivity index is 1.89. The number of carbonyl (C=O) groups excluding carboxylic acids is 1. The average molecular weight is 358 g/mol. The zero-order chi connectivity index (χ0) is 16.9. The molecule has 1 aliphatic rings. The van der Waals surface area contributed by atoms with Crippen molar-refractivity contribution in [1.29, 1.82) is 5.26 Å². The Morgan fingerprint density at radius 1 is 1.46 bits per heavy atom. The number of para-hydroxylation sites is 1. The van der Waals surface area contributed by atoms with Crippen LogP contribution in [0.2, 0.25) is 0 Å². The molecule has 1 aromatic heterocycles. The number of fused-ring (bicyclic) bond motifs is 1. The molecule has 1 heterocycles. The number of thiazole rings is 1. The Morgan fingerprint density at radius 3 is 3.04 bits per heavy atom. The van der Waals surface area contributed by atoms with Gasteiger partial charge in [-0.3, -0.25) is 0 Å². The molecule has 0 amide bonds. The van der Waals surface area contributed by atoms with Gasteiger partial charge in [0.25, 0.3) is 0 Å². The van der Waals surface area contributed by atoms with Gasteiger partial charge in [0.1, 0.15) is 11.6 Å². The third-order valence-corrected chi connectivity index (χ3v) is 6.45. The number of nitrogens with zero attached hydrogens (tertiary/aromatic N) is 2. The third kappa shape index (κ3) is 3.63. The highest BCUT2D eigenvalue weighted by atomic mass is 32.2. The zero-order valence-electron chi connectivity index (χ0n) is 13.4. The van der Waals surface area contributed by atoms with Gasteiger partial charge in [0.2, 0.25) is 0 Å². The summed E-state index contributed by atoms with van der Waals surface area (Å²) in [6.45, 7) is 2.04. The van der Waals surface area contributed by atoms with Gasteiger partial charge in [0, 0.05) is 5.25 Å². The monoisotopic (exact) mass is 358 g/mol. The summed E-state index contributed by atoms with van der Waals surface area (Å²) < 4.78 is 7.20. The quantitative estimate of drug-likeness (QED) is 0.450. The summed E-state index contributed by atoms with van der Waals surface area (Å²) in [7, 11) is 0. The predicted octanol–water partition coefficient (Wildman–Crippen LogP) is 4.71. The standard InChI is InChI=1S/C18H18N2O2S2/c1-2-22-17(21)13(11-19)12-7-3-5-9-15(12)23-18-20-14-8-4-6-10-16(14)24-18/h4,6,8,10,15H,2-3,5,7,9H2,1H3. The highest BCUT2D eigenvalue weighted by Crippen LogP contribution is 2.41. The second-order valence-electron chi connectivity index (χ2n) is 5.53. The molecule has 0 spiro atoms. The van der Waals surface area contributed by atoms with Gasteiger partial charge in [-0.15, -0.1) is 11.3 Å². The Morgan fingerprint density at radius 2 is 2.29 bits per heavy atom. The van der Waals surface area contributed by atoms with Crippen LogP contribution in [0, 0.1) is 11.3 Å². The second-order valence-corrected chi connectivity index (χ2v) is 8.01. The molecule has 0 N–H and O–H groups in total. The fourth-order valence-corrected chi connectivity index (χ4v) is 5.44. The lowest BCUT2D eigenvalue weighted by molar-refractivity contribution is -0.138. The zero-order valence-corrected chi connectivity index (χ0v) is 15.1. The first-order valence-electron chi connectivity index (χ1n) is 8.05. The summed E-state index contributed by atoms with van der Waals surface area (Å²) >= 11 is 3.33. The van der Waals surface area contributed by atoms with Crippen molar-refractivity contribution in [2.45, 2.75) is 42.2 Å². The van der Waals surface area contributed by atoms with E-state index in [0.29, 0.717) is 0 Å². The number of ether oxygens (including phenoxy) is 1. The number of rotatable bonds is 4. The second kappa shape index (κ2) is 7.82. The number of thioether (sulfide) groups is 1. The number of carbonyl (C=O) groups is 1. The first-order valence-corrected chi connectivity index (χ1v) is 9.75. The third-order valence-electron chi connectivity index (χ3n) is 3.98. The van der Waals surface area contributed by atoms with Crippen LogP contribution in [0.15, 0.2) is 39.8 Å². The molecule has 1 aromatic carbocycles. The van der Waals surface area contributed by atoms with Crippen LogP contribution in [0.1, 0.15) is 32.6 Å². The van der Waals surface area contributed by atoms with Crippen LogP contribution >= 0.6 is 23.1 Å². The maximum atomic E-state index is 12.1. The molecule has 1 fully saturated rings. The van der Waals surface area contributed by atoms with E-state index in [9.17, 15) is 10.1 Å². The highest BCUT2D eigenvalue weighted by Gasteiger charge is 2.28. The van der Waals surface area contributed by atoms with Crippen LogP contribution in [-0.2, 0) is 9.53 Å². The van der Waals surface area contributed by atoms with E-state index in [0.717, 1.165) is 45.8 Å². The normalized spacial score (nSPS) is 19.8. The number of nitriles is 1. The van der Waals surface area contributed by atoms with E-state index in [-0.39, 0.29) is 17.4 Å². The molecule has 0 aliphatic heterocycles. The summed E-state index contributed by atoms with van der Waals surface area (Å²) in [4.78, 5) is 16.8. The Bertz CT molecular complexity index is 787. The Hall–Kier alpha value is -1.84. The molecule has 4 nitrogen and oxygen atoms in total. The van der Waals surface area contributed by atoms with Crippen molar-refractivity contribution in [2.24, 2.45) is 0 Å². The summed E-state index contributed by atoms with van der Waals surface area (Å²) in [6, 6.07) is 10.1. The summed E-state index contributed by atoms with van der Waals surface area (Å²) in [6.07, 6.45) is 3.86. The van der Waals surface area contributed by atoms with E-state index < -0.39 is 5.97 Å². The molecule has 0 bridgehead atoms. The van der Waals surface area contributed by atoms with Gasteiger partial charge in [0.05, 0.1) is 16.8 Å². The summed E-state index contributed by atoms with van der Waals surface area (Å²) in [5.74, 6) is -0.494. The van der Waals surface area contributed by atoms with Crippen LogP contribution in [0.5, 0.6) is 0 Å². The largest absolute Gasteiger partial charge is 0.462 e. The molecule has 1 saturated carbocycles. The van der Waals surface area contributed by atoms with E-state index in [2.05, 4.69) is 17.1 Å². The van der Waals surface area contributed by atoms with Crippen LogP contribution in [0.4, 0.5) is 0 Å². The molecule has 1 atom stereocenters. The maximum absolute atomic E-state index is 12.1. The summed E-state index contributed by atoms with van der Waals surface area (Å²) in [5.41, 5.74) is 2.11. The van der Waals surface area contributed by atoms with Crippen molar-refractivity contribution in [3.8, 4) is 6.07 Å². The maximum Gasteiger partial charge on any atom is 0.348 e. The number of esters is 1. The van der Waals surface area contributed by atoms with Crippen LogP contribution in [0.3, 0.4) is 0 Å². The van der Waals surface area contributed by atoms with E-state index in [1.165, 1.54) is 0 Å².